The Morgan fingerprint density at radius 1 is 0.960 bits per heavy atom. The lowest BCUT2D eigenvalue weighted by Crippen LogP contribution is -1.97. The molecule has 2 heterocycles. The quantitative estimate of drug-likeness (QED) is 0.480. The SMILES string of the molecule is Clc1ccc(/C=C/c2nn3c(Cc4ccccc4)nnc3s2)cc1Cl. The van der Waals surface area contributed by atoms with Crippen molar-refractivity contribution in [3.8, 4) is 0 Å². The van der Waals surface area contributed by atoms with Gasteiger partial charge in [-0.05, 0) is 29.3 Å². The number of nitrogens with zero attached hydrogens (tertiary/aromatic N) is 4. The number of rotatable bonds is 4. The number of benzene rings is 2. The van der Waals surface area contributed by atoms with Crippen LogP contribution in [0.2, 0.25) is 10.0 Å². The Balaban J connectivity index is 1.59. The number of hydrogen-bond acceptors (Lipinski definition) is 4. The molecule has 0 fully saturated rings. The van der Waals surface area contributed by atoms with Crippen LogP contribution < -0.4 is 0 Å². The molecule has 2 aromatic heterocycles. The first-order valence-corrected chi connectivity index (χ1v) is 9.14. The van der Waals surface area contributed by atoms with E-state index in [1.165, 1.54) is 16.9 Å². The molecule has 4 rings (SSSR count). The van der Waals surface area contributed by atoms with Crippen molar-refractivity contribution in [2.24, 2.45) is 0 Å². The zero-order valence-electron chi connectivity index (χ0n) is 12.9. The fraction of sp³-hybridized carbons (Fsp3) is 0.0556. The smallest absolute Gasteiger partial charge is 0.187 e. The van der Waals surface area contributed by atoms with Gasteiger partial charge in [0.1, 0.15) is 5.01 Å². The molecule has 0 saturated heterocycles. The van der Waals surface area contributed by atoms with Crippen molar-refractivity contribution in [1.29, 1.82) is 0 Å². The third kappa shape index (κ3) is 3.58. The zero-order valence-corrected chi connectivity index (χ0v) is 15.3. The molecule has 25 heavy (non-hydrogen) atoms. The van der Waals surface area contributed by atoms with Crippen LogP contribution in [0.5, 0.6) is 0 Å². The molecule has 0 atom stereocenters. The van der Waals surface area contributed by atoms with Crippen LogP contribution in [0.15, 0.2) is 48.5 Å². The highest BCUT2D eigenvalue weighted by Gasteiger charge is 2.11. The van der Waals surface area contributed by atoms with Crippen LogP contribution in [0.1, 0.15) is 22.0 Å². The van der Waals surface area contributed by atoms with Crippen LogP contribution in [0.25, 0.3) is 17.1 Å². The van der Waals surface area contributed by atoms with Gasteiger partial charge in [-0.3, -0.25) is 0 Å². The second-order valence-electron chi connectivity index (χ2n) is 5.42. The summed E-state index contributed by atoms with van der Waals surface area (Å²) in [6, 6.07) is 15.7. The molecular weight excluding hydrogens is 375 g/mol. The molecule has 124 valence electrons. The number of halogens is 2. The predicted molar refractivity (Wildman–Crippen MR) is 103 cm³/mol. The van der Waals surface area contributed by atoms with Gasteiger partial charge in [0.15, 0.2) is 5.82 Å². The van der Waals surface area contributed by atoms with Gasteiger partial charge in [-0.2, -0.15) is 9.61 Å². The lowest BCUT2D eigenvalue weighted by atomic mass is 10.1. The van der Waals surface area contributed by atoms with Crippen molar-refractivity contribution < 1.29 is 0 Å². The molecule has 0 amide bonds. The Morgan fingerprint density at radius 2 is 1.80 bits per heavy atom. The number of aromatic nitrogens is 4. The largest absolute Gasteiger partial charge is 0.234 e. The van der Waals surface area contributed by atoms with E-state index in [1.807, 2.05) is 42.5 Å². The van der Waals surface area contributed by atoms with Gasteiger partial charge < -0.3 is 0 Å². The third-order valence-corrected chi connectivity index (χ3v) is 5.24. The molecular formula is C18H12Cl2N4S. The summed E-state index contributed by atoms with van der Waals surface area (Å²) in [6.45, 7) is 0. The van der Waals surface area contributed by atoms with E-state index in [0.29, 0.717) is 16.5 Å². The summed E-state index contributed by atoms with van der Waals surface area (Å²) >= 11 is 13.5. The summed E-state index contributed by atoms with van der Waals surface area (Å²) in [4.78, 5) is 0.778. The molecule has 0 N–H and O–H groups in total. The first kappa shape index (κ1) is 16.3. The molecule has 0 radical (unpaired) electrons. The van der Waals surface area contributed by atoms with Gasteiger partial charge in [-0.25, -0.2) is 0 Å². The fourth-order valence-electron chi connectivity index (χ4n) is 2.41. The van der Waals surface area contributed by atoms with Crippen molar-refractivity contribution >= 4 is 51.7 Å². The molecule has 0 aliphatic carbocycles. The van der Waals surface area contributed by atoms with Gasteiger partial charge in [0.05, 0.1) is 10.0 Å². The Labute approximate surface area is 158 Å². The molecule has 4 nitrogen and oxygen atoms in total. The lowest BCUT2D eigenvalue weighted by Gasteiger charge is -1.97. The van der Waals surface area contributed by atoms with E-state index in [1.54, 1.807) is 10.6 Å². The summed E-state index contributed by atoms with van der Waals surface area (Å²) in [6.07, 6.45) is 4.58. The second kappa shape index (κ2) is 6.96. The second-order valence-corrected chi connectivity index (χ2v) is 7.22. The van der Waals surface area contributed by atoms with E-state index in [9.17, 15) is 0 Å². The van der Waals surface area contributed by atoms with Crippen molar-refractivity contribution in [2.75, 3.05) is 0 Å². The monoisotopic (exact) mass is 386 g/mol. The molecule has 0 unspecified atom stereocenters. The predicted octanol–water partition coefficient (Wildman–Crippen LogP) is 5.25. The zero-order chi connectivity index (χ0) is 17.2. The van der Waals surface area contributed by atoms with Crippen molar-refractivity contribution in [3.63, 3.8) is 0 Å². The average Bonchev–Trinajstić information content (AvgIpc) is 3.18. The Morgan fingerprint density at radius 3 is 2.60 bits per heavy atom. The topological polar surface area (TPSA) is 43.1 Å². The standard InChI is InChI=1S/C18H12Cl2N4S/c19-14-8-6-13(10-15(14)20)7-9-17-23-24-16(21-22-18(24)25-17)11-12-4-2-1-3-5-12/h1-10H,11H2/b9-7+. The average molecular weight is 387 g/mol. The Kier molecular flexibility index (Phi) is 4.53. The van der Waals surface area contributed by atoms with Crippen LogP contribution in [-0.4, -0.2) is 19.8 Å². The van der Waals surface area contributed by atoms with Crippen molar-refractivity contribution in [1.82, 2.24) is 19.8 Å². The van der Waals surface area contributed by atoms with Crippen LogP contribution in [0.4, 0.5) is 0 Å². The maximum atomic E-state index is 6.04. The molecule has 0 spiro atoms. The maximum Gasteiger partial charge on any atom is 0.234 e. The van der Waals surface area contributed by atoms with Gasteiger partial charge >= 0.3 is 0 Å². The summed E-state index contributed by atoms with van der Waals surface area (Å²) in [7, 11) is 0. The summed E-state index contributed by atoms with van der Waals surface area (Å²) in [5.74, 6) is 0.826. The van der Waals surface area contributed by atoms with Crippen LogP contribution in [-0.2, 0) is 6.42 Å². The van der Waals surface area contributed by atoms with E-state index in [-0.39, 0.29) is 0 Å². The van der Waals surface area contributed by atoms with Crippen LogP contribution in [0, 0.1) is 0 Å². The molecule has 0 bridgehead atoms. The summed E-state index contributed by atoms with van der Waals surface area (Å²) in [5, 5.41) is 15.0. The van der Waals surface area contributed by atoms with E-state index >= 15 is 0 Å². The van der Waals surface area contributed by atoms with Crippen LogP contribution >= 0.6 is 34.5 Å². The van der Waals surface area contributed by atoms with Gasteiger partial charge in [-0.1, -0.05) is 77.0 Å². The highest BCUT2D eigenvalue weighted by Crippen LogP contribution is 2.24. The molecule has 2 aromatic carbocycles. The molecule has 0 aliphatic heterocycles. The molecule has 0 saturated carbocycles. The third-order valence-electron chi connectivity index (χ3n) is 3.64. The minimum Gasteiger partial charge on any atom is -0.187 e. The van der Waals surface area contributed by atoms with Gasteiger partial charge in [0, 0.05) is 6.42 Å². The first-order valence-electron chi connectivity index (χ1n) is 7.57. The molecule has 7 heteroatoms. The minimum absolute atomic E-state index is 0.534. The first-order chi connectivity index (χ1) is 12.2. The fourth-order valence-corrected chi connectivity index (χ4v) is 3.48. The van der Waals surface area contributed by atoms with E-state index < -0.39 is 0 Å². The highest BCUT2D eigenvalue weighted by atomic mass is 35.5. The molecule has 4 aromatic rings. The summed E-state index contributed by atoms with van der Waals surface area (Å²) < 4.78 is 1.80. The number of hydrogen-bond donors (Lipinski definition) is 0. The maximum absolute atomic E-state index is 6.04. The van der Waals surface area contributed by atoms with E-state index in [4.69, 9.17) is 23.2 Å². The summed E-state index contributed by atoms with van der Waals surface area (Å²) in [5.41, 5.74) is 2.14. The minimum atomic E-state index is 0.534. The van der Waals surface area contributed by atoms with Crippen molar-refractivity contribution in [3.05, 3.63) is 80.5 Å². The number of fused-ring (bicyclic) bond motifs is 1. The van der Waals surface area contributed by atoms with Crippen LogP contribution in [0.3, 0.4) is 0 Å². The Hall–Kier alpha value is -2.21. The highest BCUT2D eigenvalue weighted by molar-refractivity contribution is 7.17. The van der Waals surface area contributed by atoms with Gasteiger partial charge in [0.2, 0.25) is 4.96 Å². The van der Waals surface area contributed by atoms with Gasteiger partial charge in [-0.15, -0.1) is 10.2 Å². The van der Waals surface area contributed by atoms with Gasteiger partial charge in [0.25, 0.3) is 0 Å². The van der Waals surface area contributed by atoms with E-state index in [0.717, 1.165) is 21.4 Å². The van der Waals surface area contributed by atoms with Crippen molar-refractivity contribution in [2.45, 2.75) is 6.42 Å². The molecule has 0 aliphatic rings. The Bertz CT molecular complexity index is 1050. The lowest BCUT2D eigenvalue weighted by molar-refractivity contribution is 0.848. The van der Waals surface area contributed by atoms with E-state index in [2.05, 4.69) is 27.4 Å². The normalized spacial score (nSPS) is 11.6.